The minimum absolute atomic E-state index is 0.244. The minimum Gasteiger partial charge on any atom is -0.431 e. The maximum atomic E-state index is 4.03. The summed E-state index contributed by atoms with van der Waals surface area (Å²) in [5, 5.41) is 8.04. The molecule has 0 bridgehead atoms. The molecule has 0 radical (unpaired) electrons. The van der Waals surface area contributed by atoms with E-state index in [4.69, 9.17) is 0 Å². The Morgan fingerprint density at radius 3 is 2.69 bits per heavy atom. The lowest BCUT2D eigenvalue weighted by atomic mass is 9.97. The van der Waals surface area contributed by atoms with Gasteiger partial charge in [-0.15, -0.1) is 5.10 Å². The molecule has 1 aromatic heterocycles. The predicted molar refractivity (Wildman–Crippen MR) is 51.3 cm³/mol. The molecule has 1 heterocycles. The highest BCUT2D eigenvalue weighted by molar-refractivity contribution is 4.89. The van der Waals surface area contributed by atoms with E-state index < -0.39 is 0 Å². The highest BCUT2D eigenvalue weighted by atomic mass is 16.5. The van der Waals surface area contributed by atoms with Crippen molar-refractivity contribution in [2.24, 2.45) is 5.41 Å². The van der Waals surface area contributed by atoms with Crippen LogP contribution < -0.4 is 0 Å². The van der Waals surface area contributed by atoms with E-state index in [2.05, 4.69) is 35.8 Å². The summed E-state index contributed by atoms with van der Waals surface area (Å²) in [4.78, 5) is 0. The third kappa shape index (κ3) is 3.55. The topological polar surface area (TPSA) is 43.5 Å². The third-order valence-corrected chi connectivity index (χ3v) is 1.54. The van der Waals surface area contributed by atoms with Crippen molar-refractivity contribution in [2.45, 2.75) is 33.9 Å². The van der Waals surface area contributed by atoms with Gasteiger partial charge >= 0.3 is 0 Å². The van der Waals surface area contributed by atoms with Gasteiger partial charge in [0.15, 0.2) is 12.3 Å². The molecule has 0 spiro atoms. The Balaban J connectivity index is 2.59. The molecule has 1 rings (SSSR count). The highest BCUT2D eigenvalue weighted by Crippen LogP contribution is 2.15. The van der Waals surface area contributed by atoms with Crippen molar-refractivity contribution in [1.29, 1.82) is 0 Å². The van der Waals surface area contributed by atoms with Crippen LogP contribution in [0.1, 0.15) is 26.5 Å². The van der Waals surface area contributed by atoms with Gasteiger partial charge in [0.05, 0.1) is 6.20 Å². The summed E-state index contributed by atoms with van der Waals surface area (Å²) in [6.07, 6.45) is 1.96. The molecule has 0 atom stereocenters. The van der Waals surface area contributed by atoms with Gasteiger partial charge in [0.25, 0.3) is 0 Å². The van der Waals surface area contributed by atoms with Crippen LogP contribution in [0.15, 0.2) is 6.20 Å². The molecular formula is C9H18N3O+. The van der Waals surface area contributed by atoms with Crippen molar-refractivity contribution in [3.8, 4) is 0 Å². The smallest absolute Gasteiger partial charge is 0.191 e. The van der Waals surface area contributed by atoms with Crippen molar-refractivity contribution in [3.05, 3.63) is 11.9 Å². The van der Waals surface area contributed by atoms with Gasteiger partial charge < -0.3 is 4.74 Å². The van der Waals surface area contributed by atoms with Crippen molar-refractivity contribution >= 4 is 0 Å². The van der Waals surface area contributed by atoms with Gasteiger partial charge in [0.1, 0.15) is 7.11 Å². The fraction of sp³-hybridized carbons (Fsp3) is 0.778. The lowest BCUT2D eigenvalue weighted by Crippen LogP contribution is -2.15. The van der Waals surface area contributed by atoms with Gasteiger partial charge in [-0.1, -0.05) is 26.0 Å². The van der Waals surface area contributed by atoms with Crippen LogP contribution in [0.4, 0.5) is 0 Å². The number of aliphatic hydroxyl groups is 2. The summed E-state index contributed by atoms with van der Waals surface area (Å²) in [5.41, 5.74) is 1.18. The summed E-state index contributed by atoms with van der Waals surface area (Å²) < 4.78 is 5.88. The Kier molecular flexibility index (Phi) is 3.03. The minimum atomic E-state index is 0.244. The van der Waals surface area contributed by atoms with Gasteiger partial charge in [-0.3, -0.25) is 4.68 Å². The SMILES string of the molecule is C[OH+]Cc1cn(CC(C)(C)C)nn1. The molecule has 4 heteroatoms. The zero-order valence-corrected chi connectivity index (χ0v) is 8.78. The highest BCUT2D eigenvalue weighted by Gasteiger charge is 2.12. The quantitative estimate of drug-likeness (QED) is 0.657. The Morgan fingerprint density at radius 1 is 1.46 bits per heavy atom. The Morgan fingerprint density at radius 2 is 2.15 bits per heavy atom. The standard InChI is InChI=1S/C9H17N3O/c1-9(2,3)7-12-5-8(6-13-4)10-11-12/h5H,6-7H2,1-4H3/p+1. The number of nitrogens with zero attached hydrogens (tertiary/aromatic N) is 3. The van der Waals surface area contributed by atoms with Gasteiger partial charge in [-0.25, -0.2) is 0 Å². The van der Waals surface area contributed by atoms with Gasteiger partial charge in [0, 0.05) is 6.54 Å². The molecule has 1 N–H and O–H groups in total. The van der Waals surface area contributed by atoms with Crippen LogP contribution in [0, 0.1) is 5.41 Å². The number of ether oxygens (including phenoxy) is 1. The van der Waals surface area contributed by atoms with Crippen LogP contribution in [0.3, 0.4) is 0 Å². The van der Waals surface area contributed by atoms with E-state index in [-0.39, 0.29) is 5.41 Å². The lowest BCUT2D eigenvalue weighted by Gasteiger charge is -2.16. The van der Waals surface area contributed by atoms with Crippen molar-refractivity contribution in [3.63, 3.8) is 0 Å². The van der Waals surface area contributed by atoms with Crippen LogP contribution in [0.5, 0.6) is 0 Å². The van der Waals surface area contributed by atoms with E-state index in [0.717, 1.165) is 12.2 Å². The number of hydrogen-bond acceptors (Lipinski definition) is 2. The number of hydrogen-bond donors (Lipinski definition) is 0. The molecular weight excluding hydrogens is 166 g/mol. The molecule has 4 nitrogen and oxygen atoms in total. The molecule has 13 heavy (non-hydrogen) atoms. The van der Waals surface area contributed by atoms with E-state index in [1.54, 1.807) is 7.11 Å². The summed E-state index contributed by atoms with van der Waals surface area (Å²) in [5.74, 6) is 0. The molecule has 0 unspecified atom stereocenters. The summed E-state index contributed by atoms with van der Waals surface area (Å²) in [7, 11) is 1.78. The van der Waals surface area contributed by atoms with E-state index in [1.807, 2.05) is 10.9 Å². The fourth-order valence-electron chi connectivity index (χ4n) is 1.14. The second kappa shape index (κ2) is 3.87. The fourth-order valence-corrected chi connectivity index (χ4v) is 1.14. The van der Waals surface area contributed by atoms with Gasteiger partial charge in [-0.2, -0.15) is 0 Å². The van der Waals surface area contributed by atoms with Crippen molar-refractivity contribution in [2.75, 3.05) is 7.11 Å². The number of rotatable bonds is 3. The molecule has 0 aliphatic carbocycles. The van der Waals surface area contributed by atoms with E-state index in [1.165, 1.54) is 0 Å². The van der Waals surface area contributed by atoms with Crippen LogP contribution in [-0.4, -0.2) is 26.8 Å². The van der Waals surface area contributed by atoms with E-state index in [9.17, 15) is 0 Å². The lowest BCUT2D eigenvalue weighted by molar-refractivity contribution is -0.00300. The average molecular weight is 184 g/mol. The molecule has 0 aliphatic heterocycles. The first-order chi connectivity index (χ1) is 6.01. The molecule has 1 aromatic rings. The van der Waals surface area contributed by atoms with Crippen LogP contribution in [0.25, 0.3) is 0 Å². The molecule has 0 fully saturated rings. The zero-order valence-electron chi connectivity index (χ0n) is 8.78. The summed E-state index contributed by atoms with van der Waals surface area (Å²) in [6, 6.07) is 0. The van der Waals surface area contributed by atoms with E-state index >= 15 is 0 Å². The maximum absolute atomic E-state index is 4.03. The Labute approximate surface area is 78.9 Å². The Bertz CT molecular complexity index is 262. The molecule has 0 aromatic carbocycles. The van der Waals surface area contributed by atoms with Gasteiger partial charge in [0.2, 0.25) is 0 Å². The van der Waals surface area contributed by atoms with Crippen LogP contribution in [0.2, 0.25) is 0 Å². The monoisotopic (exact) mass is 184 g/mol. The van der Waals surface area contributed by atoms with Crippen molar-refractivity contribution in [1.82, 2.24) is 15.0 Å². The second-order valence-electron chi connectivity index (χ2n) is 4.44. The maximum Gasteiger partial charge on any atom is 0.191 e. The summed E-state index contributed by atoms with van der Waals surface area (Å²) in [6.45, 7) is 8.09. The molecule has 74 valence electrons. The molecule has 0 saturated heterocycles. The number of aromatic nitrogens is 3. The second-order valence-corrected chi connectivity index (χ2v) is 4.44. The third-order valence-electron chi connectivity index (χ3n) is 1.54. The average Bonchev–Trinajstić information content (AvgIpc) is 2.33. The first kappa shape index (κ1) is 10.2. The zero-order chi connectivity index (χ0) is 9.90. The molecule has 0 aliphatic rings. The van der Waals surface area contributed by atoms with Crippen LogP contribution >= 0.6 is 0 Å². The van der Waals surface area contributed by atoms with Crippen molar-refractivity contribution < 1.29 is 4.74 Å². The first-order valence-electron chi connectivity index (χ1n) is 4.46. The predicted octanol–water partition coefficient (Wildman–Crippen LogP) is 0.982. The molecule has 0 saturated carbocycles. The van der Waals surface area contributed by atoms with Gasteiger partial charge in [-0.05, 0) is 5.41 Å². The first-order valence-corrected chi connectivity index (χ1v) is 4.46. The van der Waals surface area contributed by atoms with E-state index in [0.29, 0.717) is 6.61 Å². The summed E-state index contributed by atoms with van der Waals surface area (Å²) >= 11 is 0. The Hall–Kier alpha value is -0.900. The normalized spacial score (nSPS) is 12.0. The van der Waals surface area contributed by atoms with Crippen LogP contribution in [-0.2, 0) is 13.2 Å². The molecule has 0 amide bonds. The largest absolute Gasteiger partial charge is 0.431 e.